The lowest BCUT2D eigenvalue weighted by Crippen LogP contribution is -2.58. The predicted molar refractivity (Wildman–Crippen MR) is 181 cm³/mol. The molecule has 2 aliphatic rings. The molecule has 4 heteroatoms. The van der Waals surface area contributed by atoms with Gasteiger partial charge in [-0.1, -0.05) is 53.2 Å². The molecule has 0 saturated heterocycles. The summed E-state index contributed by atoms with van der Waals surface area (Å²) in [5, 5.41) is 4.89. The fourth-order valence-electron chi connectivity index (χ4n) is 8.84. The van der Waals surface area contributed by atoms with Gasteiger partial charge in [0.2, 0.25) is 16.9 Å². The summed E-state index contributed by atoms with van der Waals surface area (Å²) >= 11 is 0. The fourth-order valence-corrected chi connectivity index (χ4v) is 8.84. The second-order valence-electron chi connectivity index (χ2n) is 13.5. The quantitative estimate of drug-likeness (QED) is 0.138. The molecule has 0 N–H and O–H groups in total. The number of nitrogens with zero attached hydrogens (tertiary/aromatic N) is 2. The number of unbranched alkanes of at least 4 members (excludes halogenated alkanes) is 1. The lowest BCUT2D eigenvalue weighted by Gasteiger charge is -2.35. The normalized spacial score (nSPS) is 15.4. The third-order valence-corrected chi connectivity index (χ3v) is 11.1. The first-order valence-corrected chi connectivity index (χ1v) is 16.6. The number of rotatable bonds is 6. The van der Waals surface area contributed by atoms with Crippen LogP contribution in [0.4, 0.5) is 4.39 Å². The summed E-state index contributed by atoms with van der Waals surface area (Å²) in [7, 11) is 1.73. The molecule has 1 aliphatic heterocycles. The summed E-state index contributed by atoms with van der Waals surface area (Å²) in [4.78, 5) is 0. The maximum Gasteiger partial charge on any atom is 0.230 e. The van der Waals surface area contributed by atoms with Gasteiger partial charge >= 0.3 is 0 Å². The van der Waals surface area contributed by atoms with E-state index in [1.165, 1.54) is 32.8 Å². The summed E-state index contributed by atoms with van der Waals surface area (Å²) in [6, 6.07) is 23.8. The van der Waals surface area contributed by atoms with Crippen LogP contribution in [-0.4, -0.2) is 7.11 Å². The Morgan fingerprint density at radius 1 is 0.822 bits per heavy atom. The number of pyridine rings is 3. The number of aromatic nitrogens is 2. The molecule has 3 aromatic carbocycles. The van der Waals surface area contributed by atoms with Crippen molar-refractivity contribution in [1.29, 1.82) is 0 Å². The summed E-state index contributed by atoms with van der Waals surface area (Å²) < 4.78 is 27.2. The van der Waals surface area contributed by atoms with Crippen LogP contribution in [0.1, 0.15) is 82.6 Å². The first kappa shape index (κ1) is 28.2. The van der Waals surface area contributed by atoms with E-state index >= 15 is 4.39 Å². The molecule has 0 bridgehead atoms. The van der Waals surface area contributed by atoms with Crippen LogP contribution in [-0.2, 0) is 17.4 Å². The number of benzene rings is 3. The Kier molecular flexibility index (Phi) is 6.16. The maximum atomic E-state index is 16.6. The molecule has 45 heavy (non-hydrogen) atoms. The molecular weight excluding hydrogens is 555 g/mol. The Bertz CT molecular complexity index is 2210. The Morgan fingerprint density at radius 2 is 1.64 bits per heavy atom. The molecule has 226 valence electrons. The number of hydrogen-bond acceptors (Lipinski definition) is 1. The van der Waals surface area contributed by atoms with Crippen LogP contribution >= 0.6 is 0 Å². The van der Waals surface area contributed by atoms with Crippen molar-refractivity contribution in [2.45, 2.75) is 77.7 Å². The van der Waals surface area contributed by atoms with Crippen LogP contribution in [0.5, 0.6) is 5.75 Å². The summed E-state index contributed by atoms with van der Waals surface area (Å²) in [5.41, 5.74) is 9.32. The van der Waals surface area contributed by atoms with Gasteiger partial charge in [-0.05, 0) is 65.8 Å². The van der Waals surface area contributed by atoms with Crippen molar-refractivity contribution in [3.8, 4) is 28.3 Å². The van der Waals surface area contributed by atoms with Crippen molar-refractivity contribution in [2.24, 2.45) is 0 Å². The van der Waals surface area contributed by atoms with Gasteiger partial charge in [0.15, 0.2) is 17.9 Å². The molecule has 0 amide bonds. The SMILES string of the molecule is CCCCc1cc2c3c4[n+](ccc3c1)C(CC)(CC)c1c([n+]3ccccc3c3cc(OC)ccc13)-c1ccc(F)c(c1-4)C2(C)C. The highest BCUT2D eigenvalue weighted by atomic mass is 19.1. The monoisotopic (exact) mass is 596 g/mol. The lowest BCUT2D eigenvalue weighted by atomic mass is 9.67. The fraction of sp³-hybridized carbons (Fsp3) is 0.317. The van der Waals surface area contributed by atoms with E-state index in [-0.39, 0.29) is 11.4 Å². The van der Waals surface area contributed by atoms with Crippen molar-refractivity contribution in [2.75, 3.05) is 7.11 Å². The number of hydrogen-bond donors (Lipinski definition) is 0. The van der Waals surface area contributed by atoms with Gasteiger partial charge in [0.1, 0.15) is 17.1 Å². The lowest BCUT2D eigenvalue weighted by molar-refractivity contribution is -0.744. The average Bonchev–Trinajstić information content (AvgIpc) is 3.17. The van der Waals surface area contributed by atoms with E-state index in [9.17, 15) is 0 Å². The average molecular weight is 597 g/mol. The third kappa shape index (κ3) is 3.57. The molecule has 0 unspecified atom stereocenters. The minimum absolute atomic E-state index is 0.131. The molecule has 3 nitrogen and oxygen atoms in total. The molecule has 0 atom stereocenters. The minimum Gasteiger partial charge on any atom is -0.497 e. The van der Waals surface area contributed by atoms with Gasteiger partial charge in [0.25, 0.3) is 0 Å². The number of methoxy groups -OCH3 is 1. The molecule has 0 spiro atoms. The number of aryl methyl sites for hydroxylation is 1. The van der Waals surface area contributed by atoms with Gasteiger partial charge in [0, 0.05) is 47.4 Å². The van der Waals surface area contributed by atoms with Crippen LogP contribution in [0.3, 0.4) is 0 Å². The Hall–Kier alpha value is -4.31. The first-order chi connectivity index (χ1) is 21.8. The third-order valence-electron chi connectivity index (χ3n) is 11.1. The largest absolute Gasteiger partial charge is 0.497 e. The molecule has 8 rings (SSSR count). The maximum absolute atomic E-state index is 16.6. The Balaban J connectivity index is 1.66. The highest BCUT2D eigenvalue weighted by molar-refractivity contribution is 6.06. The molecule has 0 radical (unpaired) electrons. The highest BCUT2D eigenvalue weighted by Crippen LogP contribution is 2.55. The van der Waals surface area contributed by atoms with Crippen LogP contribution in [0.15, 0.2) is 79.1 Å². The molecule has 0 fully saturated rings. The zero-order chi connectivity index (χ0) is 31.2. The Morgan fingerprint density at radius 3 is 2.40 bits per heavy atom. The van der Waals surface area contributed by atoms with E-state index in [1.807, 2.05) is 6.07 Å². The Labute approximate surface area is 264 Å². The van der Waals surface area contributed by atoms with Crippen molar-refractivity contribution in [1.82, 2.24) is 0 Å². The second kappa shape index (κ2) is 9.84. The number of halogens is 1. The van der Waals surface area contributed by atoms with Gasteiger partial charge in [-0.25, -0.2) is 4.39 Å². The predicted octanol–water partition coefficient (Wildman–Crippen LogP) is 9.36. The van der Waals surface area contributed by atoms with Crippen LogP contribution < -0.4 is 13.7 Å². The standard InChI is InChI=1S/C41H41FN2O/c1-7-10-13-25-22-26-19-21-44-39-34(26)31(23-25)40(4,5)37-32(42)18-17-29(35(37)39)38-36(41(44,8-2)9-3)28-16-15-27(45-6)24-30(28)33-14-11-12-20-43(33)38/h11-12,14-24H,7-10,13H2,1-6H3/q+2. The van der Waals surface area contributed by atoms with E-state index in [4.69, 9.17) is 4.74 Å². The van der Waals surface area contributed by atoms with Gasteiger partial charge in [-0.2, -0.15) is 8.97 Å². The summed E-state index contributed by atoms with van der Waals surface area (Å²) in [6.45, 7) is 11.3. The molecule has 3 aromatic heterocycles. The van der Waals surface area contributed by atoms with Crippen molar-refractivity contribution in [3.05, 3.63) is 107 Å². The van der Waals surface area contributed by atoms with Gasteiger partial charge < -0.3 is 4.74 Å². The minimum atomic E-state index is -0.516. The topological polar surface area (TPSA) is 17.2 Å². The molecule has 6 aromatic rings. The van der Waals surface area contributed by atoms with Crippen molar-refractivity contribution < 1.29 is 18.1 Å². The van der Waals surface area contributed by atoms with E-state index in [0.29, 0.717) is 0 Å². The zero-order valence-electron chi connectivity index (χ0n) is 27.2. The molecule has 4 heterocycles. The second-order valence-corrected chi connectivity index (χ2v) is 13.5. The van der Waals surface area contributed by atoms with Gasteiger partial charge in [-0.15, -0.1) is 0 Å². The highest BCUT2D eigenvalue weighted by Gasteiger charge is 2.54. The van der Waals surface area contributed by atoms with E-state index in [1.54, 1.807) is 13.2 Å². The van der Waals surface area contributed by atoms with Crippen LogP contribution in [0.25, 0.3) is 49.6 Å². The van der Waals surface area contributed by atoms with Crippen LogP contribution in [0.2, 0.25) is 0 Å². The van der Waals surface area contributed by atoms with E-state index < -0.39 is 5.41 Å². The molecule has 0 saturated carbocycles. The van der Waals surface area contributed by atoms with Crippen molar-refractivity contribution >= 4 is 27.1 Å². The van der Waals surface area contributed by atoms with E-state index in [0.717, 1.165) is 76.8 Å². The van der Waals surface area contributed by atoms with Gasteiger partial charge in [-0.3, -0.25) is 0 Å². The summed E-state index contributed by atoms with van der Waals surface area (Å²) in [5.74, 6) is 0.709. The number of ether oxygens (including phenoxy) is 1. The smallest absolute Gasteiger partial charge is 0.230 e. The number of fused-ring (bicyclic) bond motifs is 7. The summed E-state index contributed by atoms with van der Waals surface area (Å²) in [6.07, 6.45) is 9.59. The molecule has 1 aliphatic carbocycles. The van der Waals surface area contributed by atoms with Crippen molar-refractivity contribution in [3.63, 3.8) is 0 Å². The molecular formula is C41H41FN2O+2. The van der Waals surface area contributed by atoms with E-state index in [2.05, 4.69) is 111 Å². The first-order valence-electron chi connectivity index (χ1n) is 16.6. The van der Waals surface area contributed by atoms with Gasteiger partial charge in [0.05, 0.1) is 29.0 Å². The van der Waals surface area contributed by atoms with Crippen LogP contribution in [0, 0.1) is 5.82 Å². The zero-order valence-corrected chi connectivity index (χ0v) is 27.2.